The average molecular weight is 266 g/mol. The maximum atomic E-state index is 12.5. The minimum absolute atomic E-state index is 0.160. The number of thiophene rings is 1. The predicted octanol–water partition coefficient (Wildman–Crippen LogP) is 2.65. The molecule has 0 spiro atoms. The molecule has 2 N–H and O–H groups in total. The summed E-state index contributed by atoms with van der Waals surface area (Å²) >= 11 is 1.54. The molecule has 0 aromatic carbocycles. The van der Waals surface area contributed by atoms with Gasteiger partial charge in [0.25, 0.3) is 5.91 Å². The molecule has 1 aromatic rings. The Morgan fingerprint density at radius 1 is 1.50 bits per heavy atom. The Hall–Kier alpha value is -0.870. The van der Waals surface area contributed by atoms with Crippen molar-refractivity contribution in [2.24, 2.45) is 11.7 Å². The molecule has 0 aliphatic heterocycles. The van der Waals surface area contributed by atoms with Crippen LogP contribution in [0.2, 0.25) is 0 Å². The molecule has 2 unspecified atom stereocenters. The third-order valence-corrected chi connectivity index (χ3v) is 5.05. The van der Waals surface area contributed by atoms with E-state index in [9.17, 15) is 4.79 Å². The van der Waals surface area contributed by atoms with Gasteiger partial charge in [0.1, 0.15) is 0 Å². The first-order valence-corrected chi connectivity index (χ1v) is 7.54. The SMILES string of the molecule is Cc1ccsc1C(=O)N(C)C1CCCCC1CN. The summed E-state index contributed by atoms with van der Waals surface area (Å²) in [6.45, 7) is 2.69. The third kappa shape index (κ3) is 2.59. The number of nitrogens with two attached hydrogens (primary N) is 1. The lowest BCUT2D eigenvalue weighted by atomic mass is 9.83. The summed E-state index contributed by atoms with van der Waals surface area (Å²) in [4.78, 5) is 15.3. The van der Waals surface area contributed by atoms with E-state index in [0.717, 1.165) is 23.3 Å². The highest BCUT2D eigenvalue weighted by Crippen LogP contribution is 2.29. The molecule has 2 rings (SSSR count). The Kier molecular flexibility index (Phi) is 4.40. The van der Waals surface area contributed by atoms with E-state index in [1.54, 1.807) is 0 Å². The fourth-order valence-electron chi connectivity index (χ4n) is 2.88. The van der Waals surface area contributed by atoms with Crippen molar-refractivity contribution in [2.75, 3.05) is 13.6 Å². The van der Waals surface area contributed by atoms with E-state index in [1.165, 1.54) is 24.2 Å². The highest BCUT2D eigenvalue weighted by molar-refractivity contribution is 7.12. The molecule has 4 heteroatoms. The van der Waals surface area contributed by atoms with Crippen LogP contribution in [0.3, 0.4) is 0 Å². The molecule has 0 bridgehead atoms. The summed E-state index contributed by atoms with van der Waals surface area (Å²) in [6.07, 6.45) is 4.71. The first-order valence-electron chi connectivity index (χ1n) is 6.66. The fraction of sp³-hybridized carbons (Fsp3) is 0.643. The summed E-state index contributed by atoms with van der Waals surface area (Å²) in [5, 5.41) is 1.98. The van der Waals surface area contributed by atoms with Gasteiger partial charge in [-0.3, -0.25) is 4.79 Å². The van der Waals surface area contributed by atoms with Crippen LogP contribution in [-0.4, -0.2) is 30.4 Å². The monoisotopic (exact) mass is 266 g/mol. The predicted molar refractivity (Wildman–Crippen MR) is 75.9 cm³/mol. The van der Waals surface area contributed by atoms with Crippen LogP contribution in [-0.2, 0) is 0 Å². The van der Waals surface area contributed by atoms with Crippen LogP contribution in [0.4, 0.5) is 0 Å². The van der Waals surface area contributed by atoms with Gasteiger partial charge in [-0.05, 0) is 49.2 Å². The van der Waals surface area contributed by atoms with Crippen molar-refractivity contribution in [3.63, 3.8) is 0 Å². The lowest BCUT2D eigenvalue weighted by Gasteiger charge is -2.37. The van der Waals surface area contributed by atoms with Crippen LogP contribution in [0.25, 0.3) is 0 Å². The van der Waals surface area contributed by atoms with E-state index in [2.05, 4.69) is 0 Å². The maximum absolute atomic E-state index is 12.5. The van der Waals surface area contributed by atoms with E-state index in [-0.39, 0.29) is 5.91 Å². The van der Waals surface area contributed by atoms with Crippen LogP contribution in [0, 0.1) is 12.8 Å². The average Bonchev–Trinajstić information content (AvgIpc) is 2.83. The molecule has 0 saturated heterocycles. The normalized spacial score (nSPS) is 23.9. The van der Waals surface area contributed by atoms with Crippen LogP contribution in [0.5, 0.6) is 0 Å². The van der Waals surface area contributed by atoms with Crippen molar-refractivity contribution in [1.29, 1.82) is 0 Å². The lowest BCUT2D eigenvalue weighted by Crippen LogP contribution is -2.45. The zero-order valence-electron chi connectivity index (χ0n) is 11.2. The molecule has 18 heavy (non-hydrogen) atoms. The van der Waals surface area contributed by atoms with E-state index in [0.29, 0.717) is 18.5 Å². The molecule has 1 heterocycles. The topological polar surface area (TPSA) is 46.3 Å². The molecular weight excluding hydrogens is 244 g/mol. The van der Waals surface area contributed by atoms with E-state index in [4.69, 9.17) is 5.73 Å². The van der Waals surface area contributed by atoms with Crippen molar-refractivity contribution in [3.05, 3.63) is 21.9 Å². The number of carbonyl (C=O) groups is 1. The van der Waals surface area contributed by atoms with Gasteiger partial charge in [0.15, 0.2) is 0 Å². The van der Waals surface area contributed by atoms with Gasteiger partial charge in [-0.25, -0.2) is 0 Å². The summed E-state index contributed by atoms with van der Waals surface area (Å²) in [5.41, 5.74) is 6.93. The summed E-state index contributed by atoms with van der Waals surface area (Å²) in [6, 6.07) is 2.32. The van der Waals surface area contributed by atoms with Crippen molar-refractivity contribution >= 4 is 17.2 Å². The molecule has 1 aromatic heterocycles. The van der Waals surface area contributed by atoms with E-state index in [1.807, 2.05) is 30.3 Å². The van der Waals surface area contributed by atoms with E-state index >= 15 is 0 Å². The Labute approximate surface area is 113 Å². The van der Waals surface area contributed by atoms with Crippen LogP contribution in [0.1, 0.15) is 40.9 Å². The number of aryl methyl sites for hydroxylation is 1. The number of hydrogen-bond acceptors (Lipinski definition) is 3. The van der Waals surface area contributed by atoms with Gasteiger partial charge in [0.05, 0.1) is 4.88 Å². The van der Waals surface area contributed by atoms with Crippen LogP contribution >= 0.6 is 11.3 Å². The van der Waals surface area contributed by atoms with Gasteiger partial charge < -0.3 is 10.6 Å². The molecular formula is C14H22N2OS. The Morgan fingerprint density at radius 2 is 2.22 bits per heavy atom. The fourth-order valence-corrected chi connectivity index (χ4v) is 3.78. The quantitative estimate of drug-likeness (QED) is 0.914. The summed E-state index contributed by atoms with van der Waals surface area (Å²) in [7, 11) is 1.93. The molecule has 1 aliphatic carbocycles. The highest BCUT2D eigenvalue weighted by atomic mass is 32.1. The Bertz CT molecular complexity index is 416. The molecule has 1 saturated carbocycles. The van der Waals surface area contributed by atoms with Crippen molar-refractivity contribution in [3.8, 4) is 0 Å². The standard InChI is InChI=1S/C14H22N2OS/c1-10-7-8-18-13(10)14(17)16(2)12-6-4-3-5-11(12)9-15/h7-8,11-12H,3-6,9,15H2,1-2H3. The molecule has 0 radical (unpaired) electrons. The zero-order chi connectivity index (χ0) is 13.1. The van der Waals surface area contributed by atoms with Crippen molar-refractivity contribution in [2.45, 2.75) is 38.6 Å². The first-order chi connectivity index (χ1) is 8.65. The number of amides is 1. The lowest BCUT2D eigenvalue weighted by molar-refractivity contribution is 0.0624. The Morgan fingerprint density at radius 3 is 2.83 bits per heavy atom. The Balaban J connectivity index is 2.12. The first kappa shape index (κ1) is 13.6. The van der Waals surface area contributed by atoms with Gasteiger partial charge in [0.2, 0.25) is 0 Å². The second kappa shape index (κ2) is 5.85. The van der Waals surface area contributed by atoms with Gasteiger partial charge in [0, 0.05) is 13.1 Å². The molecule has 2 atom stereocenters. The highest BCUT2D eigenvalue weighted by Gasteiger charge is 2.30. The number of hydrogen-bond donors (Lipinski definition) is 1. The van der Waals surface area contributed by atoms with Gasteiger partial charge in [-0.2, -0.15) is 0 Å². The molecule has 1 amide bonds. The zero-order valence-corrected chi connectivity index (χ0v) is 12.0. The van der Waals surface area contributed by atoms with Gasteiger partial charge >= 0.3 is 0 Å². The molecule has 100 valence electrons. The second-order valence-electron chi connectivity index (χ2n) is 5.20. The van der Waals surface area contributed by atoms with Crippen molar-refractivity contribution < 1.29 is 4.79 Å². The largest absolute Gasteiger partial charge is 0.338 e. The minimum Gasteiger partial charge on any atom is -0.338 e. The minimum atomic E-state index is 0.160. The van der Waals surface area contributed by atoms with Crippen LogP contribution in [0.15, 0.2) is 11.4 Å². The summed E-state index contributed by atoms with van der Waals surface area (Å²) in [5.74, 6) is 0.626. The number of carbonyl (C=O) groups excluding carboxylic acids is 1. The number of nitrogens with zero attached hydrogens (tertiary/aromatic N) is 1. The summed E-state index contributed by atoms with van der Waals surface area (Å²) < 4.78 is 0. The molecule has 1 aliphatic rings. The third-order valence-electron chi connectivity index (χ3n) is 4.05. The number of rotatable bonds is 3. The molecule has 1 fully saturated rings. The van der Waals surface area contributed by atoms with E-state index < -0.39 is 0 Å². The smallest absolute Gasteiger partial charge is 0.264 e. The maximum Gasteiger partial charge on any atom is 0.264 e. The second-order valence-corrected chi connectivity index (χ2v) is 6.11. The van der Waals surface area contributed by atoms with Gasteiger partial charge in [-0.15, -0.1) is 11.3 Å². The van der Waals surface area contributed by atoms with Crippen LogP contribution < -0.4 is 5.73 Å². The van der Waals surface area contributed by atoms with Gasteiger partial charge in [-0.1, -0.05) is 12.8 Å². The molecule has 3 nitrogen and oxygen atoms in total. The van der Waals surface area contributed by atoms with Crippen molar-refractivity contribution in [1.82, 2.24) is 4.90 Å².